The molecule has 0 spiro atoms. The van der Waals surface area contributed by atoms with E-state index in [1.165, 1.54) is 7.11 Å². The van der Waals surface area contributed by atoms with E-state index in [2.05, 4.69) is 5.32 Å². The van der Waals surface area contributed by atoms with Crippen LogP contribution in [0.4, 0.5) is 13.2 Å². The van der Waals surface area contributed by atoms with Crippen molar-refractivity contribution in [2.24, 2.45) is 0 Å². The average molecular weight is 408 g/mol. The third-order valence-electron chi connectivity index (χ3n) is 4.28. The van der Waals surface area contributed by atoms with Crippen LogP contribution in [0.3, 0.4) is 0 Å². The van der Waals surface area contributed by atoms with Gasteiger partial charge < -0.3 is 15.4 Å². The number of aryl methyl sites for hydroxylation is 1. The van der Waals surface area contributed by atoms with Crippen molar-refractivity contribution in [1.29, 1.82) is 0 Å². The Morgan fingerprint density at radius 1 is 1.03 bits per heavy atom. The fraction of sp³-hybridized carbons (Fsp3) is 0.333. The van der Waals surface area contributed by atoms with E-state index in [1.54, 1.807) is 54.6 Å². The van der Waals surface area contributed by atoms with Crippen molar-refractivity contribution in [3.63, 3.8) is 0 Å². The monoisotopic (exact) mass is 408 g/mol. The molecule has 29 heavy (non-hydrogen) atoms. The van der Waals surface area contributed by atoms with Gasteiger partial charge in [-0.2, -0.15) is 13.2 Å². The van der Waals surface area contributed by atoms with Crippen LogP contribution in [0.15, 0.2) is 54.6 Å². The number of methoxy groups -OCH3 is 1. The lowest BCUT2D eigenvalue weighted by Crippen LogP contribution is -2.46. The van der Waals surface area contributed by atoms with Crippen LogP contribution >= 0.6 is 0 Å². The number of rotatable bonds is 9. The van der Waals surface area contributed by atoms with Crippen LogP contribution < -0.4 is 15.4 Å². The molecular weight excluding hydrogens is 385 g/mol. The van der Waals surface area contributed by atoms with Gasteiger partial charge in [0.2, 0.25) is 5.91 Å². The molecular formula is C21H23F3N2O3. The molecule has 0 radical (unpaired) electrons. The van der Waals surface area contributed by atoms with Gasteiger partial charge in [-0.05, 0) is 30.5 Å². The molecule has 1 atom stereocenters. The molecule has 0 aliphatic carbocycles. The largest absolute Gasteiger partial charge is 0.496 e. The molecule has 2 rings (SSSR count). The molecule has 8 heteroatoms. The maximum atomic E-state index is 13.2. The van der Waals surface area contributed by atoms with E-state index in [-0.39, 0.29) is 31.4 Å². The van der Waals surface area contributed by atoms with Gasteiger partial charge in [0.15, 0.2) is 0 Å². The second-order valence-corrected chi connectivity index (χ2v) is 6.39. The summed E-state index contributed by atoms with van der Waals surface area (Å²) in [5.74, 6) is -0.875. The summed E-state index contributed by atoms with van der Waals surface area (Å²) in [4.78, 5) is 24.1. The highest BCUT2D eigenvalue weighted by Gasteiger charge is 2.40. The lowest BCUT2D eigenvalue weighted by Gasteiger charge is -2.22. The van der Waals surface area contributed by atoms with Crippen molar-refractivity contribution in [2.75, 3.05) is 13.7 Å². The van der Waals surface area contributed by atoms with Gasteiger partial charge in [-0.3, -0.25) is 9.59 Å². The molecule has 2 N–H and O–H groups in total. The molecule has 0 saturated heterocycles. The highest BCUT2D eigenvalue weighted by Crippen LogP contribution is 2.24. The predicted molar refractivity (Wildman–Crippen MR) is 103 cm³/mol. The molecule has 0 bridgehead atoms. The zero-order valence-electron chi connectivity index (χ0n) is 16.0. The van der Waals surface area contributed by atoms with E-state index in [1.807, 2.05) is 5.32 Å². The van der Waals surface area contributed by atoms with Gasteiger partial charge in [-0.1, -0.05) is 42.5 Å². The smallest absolute Gasteiger partial charge is 0.408 e. The minimum absolute atomic E-state index is 0.0913. The van der Waals surface area contributed by atoms with Gasteiger partial charge in [0.1, 0.15) is 11.8 Å². The molecule has 0 aromatic heterocycles. The van der Waals surface area contributed by atoms with E-state index in [0.717, 1.165) is 5.56 Å². The predicted octanol–water partition coefficient (Wildman–Crippen LogP) is 3.50. The first-order chi connectivity index (χ1) is 13.8. The molecule has 0 aliphatic heterocycles. The third kappa shape index (κ3) is 7.14. The Bertz CT molecular complexity index is 810. The molecule has 2 amide bonds. The quantitative estimate of drug-likeness (QED) is 0.668. The van der Waals surface area contributed by atoms with Crippen molar-refractivity contribution in [1.82, 2.24) is 10.6 Å². The van der Waals surface area contributed by atoms with Gasteiger partial charge in [-0.15, -0.1) is 0 Å². The van der Waals surface area contributed by atoms with Gasteiger partial charge in [0, 0.05) is 13.0 Å². The number of ether oxygens (including phenoxy) is 1. The number of benzene rings is 2. The number of nitrogens with one attached hydrogen (secondary N) is 2. The first-order valence-corrected chi connectivity index (χ1v) is 9.12. The lowest BCUT2D eigenvalue weighted by molar-refractivity contribution is -0.162. The lowest BCUT2D eigenvalue weighted by atomic mass is 10.0. The topological polar surface area (TPSA) is 67.4 Å². The van der Waals surface area contributed by atoms with Crippen molar-refractivity contribution < 1.29 is 27.5 Å². The molecule has 0 saturated carbocycles. The maximum absolute atomic E-state index is 13.2. The van der Waals surface area contributed by atoms with Crippen LogP contribution in [0.25, 0.3) is 0 Å². The first-order valence-electron chi connectivity index (χ1n) is 9.12. The van der Waals surface area contributed by atoms with E-state index >= 15 is 0 Å². The molecule has 0 fully saturated rings. The van der Waals surface area contributed by atoms with E-state index < -0.39 is 24.0 Å². The summed E-state index contributed by atoms with van der Waals surface area (Å²) in [5, 5.41) is 4.54. The zero-order chi connectivity index (χ0) is 21.3. The summed E-state index contributed by atoms with van der Waals surface area (Å²) in [6.45, 7) is -0.0913. The molecule has 0 heterocycles. The number of alkyl halides is 3. The number of para-hydroxylation sites is 1. The summed E-state index contributed by atoms with van der Waals surface area (Å²) in [6, 6.07) is 13.3. The van der Waals surface area contributed by atoms with Crippen molar-refractivity contribution in [3.05, 3.63) is 65.7 Å². The molecule has 0 aliphatic rings. The van der Waals surface area contributed by atoms with E-state index in [9.17, 15) is 22.8 Å². The van der Waals surface area contributed by atoms with Gasteiger partial charge in [0.05, 0.1) is 12.7 Å². The summed E-state index contributed by atoms with van der Waals surface area (Å²) >= 11 is 0. The summed E-state index contributed by atoms with van der Waals surface area (Å²) in [5.41, 5.74) is 1.05. The van der Waals surface area contributed by atoms with Crippen LogP contribution in [0.1, 0.15) is 28.8 Å². The normalized spacial score (nSPS) is 12.1. The highest BCUT2D eigenvalue weighted by atomic mass is 19.4. The van der Waals surface area contributed by atoms with Crippen molar-refractivity contribution >= 4 is 11.8 Å². The first kappa shape index (κ1) is 22.3. The second-order valence-electron chi connectivity index (χ2n) is 6.39. The zero-order valence-corrected chi connectivity index (χ0v) is 16.0. The number of carbonyl (C=O) groups is 2. The van der Waals surface area contributed by atoms with Gasteiger partial charge in [0.25, 0.3) is 5.91 Å². The van der Waals surface area contributed by atoms with Crippen molar-refractivity contribution in [2.45, 2.75) is 31.5 Å². The number of hydrogen-bond donors (Lipinski definition) is 2. The fourth-order valence-electron chi connectivity index (χ4n) is 2.76. The Kier molecular flexibility index (Phi) is 8.06. The van der Waals surface area contributed by atoms with Crippen LogP contribution in [-0.4, -0.2) is 37.7 Å². The van der Waals surface area contributed by atoms with E-state index in [0.29, 0.717) is 5.75 Å². The van der Waals surface area contributed by atoms with Gasteiger partial charge in [-0.25, -0.2) is 0 Å². The van der Waals surface area contributed by atoms with Gasteiger partial charge >= 0.3 is 6.18 Å². The summed E-state index contributed by atoms with van der Waals surface area (Å²) < 4.78 is 44.8. The second kappa shape index (κ2) is 10.5. The Morgan fingerprint density at radius 3 is 2.34 bits per heavy atom. The summed E-state index contributed by atoms with van der Waals surface area (Å²) in [7, 11) is 1.42. The standard InChI is InChI=1S/C21H23F3N2O3/c1-29-17-10-6-5-9-16(17)20(28)25-14-13-19(27)26-18(21(22,23)24)12-11-15-7-3-2-4-8-15/h2-10,18H,11-14H2,1H3,(H,25,28)(H,26,27)/t18-/m0/s1. The maximum Gasteiger partial charge on any atom is 0.408 e. The van der Waals surface area contributed by atoms with Crippen molar-refractivity contribution in [3.8, 4) is 5.75 Å². The molecule has 2 aromatic rings. The van der Waals surface area contributed by atoms with E-state index in [4.69, 9.17) is 4.74 Å². The summed E-state index contributed by atoms with van der Waals surface area (Å²) in [6.07, 6.45) is -4.88. The Balaban J connectivity index is 1.84. The third-order valence-corrected chi connectivity index (χ3v) is 4.28. The minimum atomic E-state index is -4.55. The number of hydrogen-bond acceptors (Lipinski definition) is 3. The van der Waals surface area contributed by atoms with Crippen LogP contribution in [0.5, 0.6) is 5.75 Å². The molecule has 0 unspecified atom stereocenters. The van der Waals surface area contributed by atoms with Crippen LogP contribution in [-0.2, 0) is 11.2 Å². The van der Waals surface area contributed by atoms with Crippen LogP contribution in [0.2, 0.25) is 0 Å². The average Bonchev–Trinajstić information content (AvgIpc) is 2.70. The molecule has 2 aromatic carbocycles. The minimum Gasteiger partial charge on any atom is -0.496 e. The molecule has 5 nitrogen and oxygen atoms in total. The number of halogens is 3. The Hall–Kier alpha value is -3.03. The Morgan fingerprint density at radius 2 is 1.69 bits per heavy atom. The molecule has 156 valence electrons. The Labute approximate surface area is 167 Å². The number of carbonyl (C=O) groups excluding carboxylic acids is 2. The highest BCUT2D eigenvalue weighted by molar-refractivity contribution is 5.97. The fourth-order valence-corrected chi connectivity index (χ4v) is 2.76. The number of amides is 2. The SMILES string of the molecule is COc1ccccc1C(=O)NCCC(=O)N[C@@H](CCc1ccccc1)C(F)(F)F. The van der Waals surface area contributed by atoms with Crippen LogP contribution in [0, 0.1) is 0 Å².